The summed E-state index contributed by atoms with van der Waals surface area (Å²) in [5.74, 6) is 0.0350. The SMILES string of the molecule is CCCn1nccc1C(=O)c1sccc1Br. The van der Waals surface area contributed by atoms with Crippen LogP contribution in [0, 0.1) is 0 Å². The second kappa shape index (κ2) is 4.93. The molecule has 2 rings (SSSR count). The van der Waals surface area contributed by atoms with Crippen LogP contribution in [0.5, 0.6) is 0 Å². The second-order valence-corrected chi connectivity index (χ2v) is 5.14. The van der Waals surface area contributed by atoms with Gasteiger partial charge in [0, 0.05) is 17.2 Å². The third kappa shape index (κ3) is 2.10. The average Bonchev–Trinajstić information content (AvgIpc) is 2.87. The molecular weight excluding hydrogens is 288 g/mol. The first kappa shape index (κ1) is 11.5. The molecule has 0 unspecified atom stereocenters. The van der Waals surface area contributed by atoms with Gasteiger partial charge in [0.1, 0.15) is 5.69 Å². The van der Waals surface area contributed by atoms with Crippen LogP contribution < -0.4 is 0 Å². The van der Waals surface area contributed by atoms with Gasteiger partial charge in [-0.2, -0.15) is 5.10 Å². The summed E-state index contributed by atoms with van der Waals surface area (Å²) in [7, 11) is 0. The molecule has 0 amide bonds. The summed E-state index contributed by atoms with van der Waals surface area (Å²) < 4.78 is 2.61. The van der Waals surface area contributed by atoms with Crippen molar-refractivity contribution < 1.29 is 4.79 Å². The molecule has 0 aliphatic rings. The zero-order valence-electron chi connectivity index (χ0n) is 8.81. The molecule has 16 heavy (non-hydrogen) atoms. The number of ketones is 1. The largest absolute Gasteiger partial charge is 0.286 e. The molecular formula is C11H11BrN2OS. The van der Waals surface area contributed by atoms with Crippen LogP contribution in [0.2, 0.25) is 0 Å². The maximum atomic E-state index is 12.2. The predicted octanol–water partition coefficient (Wildman–Crippen LogP) is 3.35. The third-order valence-corrected chi connectivity index (χ3v) is 4.04. The molecule has 0 aliphatic carbocycles. The van der Waals surface area contributed by atoms with Gasteiger partial charge in [0.25, 0.3) is 0 Å². The van der Waals surface area contributed by atoms with Gasteiger partial charge in [0.05, 0.1) is 4.88 Å². The Labute approximate surface area is 106 Å². The van der Waals surface area contributed by atoms with Gasteiger partial charge in [-0.3, -0.25) is 9.48 Å². The van der Waals surface area contributed by atoms with E-state index in [1.165, 1.54) is 11.3 Å². The Morgan fingerprint density at radius 1 is 1.56 bits per heavy atom. The molecule has 0 aliphatic heterocycles. The van der Waals surface area contributed by atoms with Gasteiger partial charge in [0.15, 0.2) is 0 Å². The number of rotatable bonds is 4. The zero-order valence-corrected chi connectivity index (χ0v) is 11.2. The van der Waals surface area contributed by atoms with Crippen molar-refractivity contribution in [1.29, 1.82) is 0 Å². The Morgan fingerprint density at radius 2 is 2.38 bits per heavy atom. The van der Waals surface area contributed by atoms with E-state index in [2.05, 4.69) is 28.0 Å². The summed E-state index contributed by atoms with van der Waals surface area (Å²) in [6.07, 6.45) is 2.64. The van der Waals surface area contributed by atoms with Crippen LogP contribution in [-0.4, -0.2) is 15.6 Å². The van der Waals surface area contributed by atoms with Crippen LogP contribution in [0.25, 0.3) is 0 Å². The Morgan fingerprint density at radius 3 is 3.00 bits per heavy atom. The Bertz CT molecular complexity index is 504. The number of hydrogen-bond donors (Lipinski definition) is 0. The fourth-order valence-electron chi connectivity index (χ4n) is 1.49. The van der Waals surface area contributed by atoms with Gasteiger partial charge >= 0.3 is 0 Å². The van der Waals surface area contributed by atoms with Crippen LogP contribution in [0.3, 0.4) is 0 Å². The van der Waals surface area contributed by atoms with E-state index in [1.54, 1.807) is 16.9 Å². The molecule has 0 bridgehead atoms. The molecule has 0 fully saturated rings. The molecule has 2 aromatic heterocycles. The van der Waals surface area contributed by atoms with Crippen molar-refractivity contribution in [3.05, 3.63) is 38.8 Å². The van der Waals surface area contributed by atoms with Gasteiger partial charge in [0.2, 0.25) is 5.78 Å². The minimum absolute atomic E-state index is 0.0350. The van der Waals surface area contributed by atoms with E-state index < -0.39 is 0 Å². The summed E-state index contributed by atoms with van der Waals surface area (Å²) >= 11 is 4.82. The zero-order chi connectivity index (χ0) is 11.5. The normalized spacial score (nSPS) is 10.6. The molecule has 84 valence electrons. The first-order valence-electron chi connectivity index (χ1n) is 5.03. The van der Waals surface area contributed by atoms with Crippen molar-refractivity contribution in [3.63, 3.8) is 0 Å². The van der Waals surface area contributed by atoms with Crippen molar-refractivity contribution in [1.82, 2.24) is 9.78 Å². The molecule has 0 atom stereocenters. The Kier molecular flexibility index (Phi) is 3.56. The molecule has 5 heteroatoms. The van der Waals surface area contributed by atoms with Gasteiger partial charge in [-0.25, -0.2) is 0 Å². The number of carbonyl (C=O) groups is 1. The molecule has 0 saturated heterocycles. The summed E-state index contributed by atoms with van der Waals surface area (Å²) in [4.78, 5) is 12.9. The van der Waals surface area contributed by atoms with Crippen molar-refractivity contribution in [2.75, 3.05) is 0 Å². The topological polar surface area (TPSA) is 34.9 Å². The van der Waals surface area contributed by atoms with E-state index in [1.807, 2.05) is 11.4 Å². The van der Waals surface area contributed by atoms with E-state index in [0.717, 1.165) is 22.3 Å². The molecule has 0 radical (unpaired) electrons. The summed E-state index contributed by atoms with van der Waals surface area (Å²) in [5.41, 5.74) is 0.657. The first-order chi connectivity index (χ1) is 7.74. The van der Waals surface area contributed by atoms with Gasteiger partial charge in [-0.15, -0.1) is 11.3 Å². The van der Waals surface area contributed by atoms with Crippen LogP contribution in [0.4, 0.5) is 0 Å². The fraction of sp³-hybridized carbons (Fsp3) is 0.273. The van der Waals surface area contributed by atoms with Crippen LogP contribution >= 0.6 is 27.3 Å². The van der Waals surface area contributed by atoms with Crippen molar-refractivity contribution >= 4 is 33.0 Å². The highest BCUT2D eigenvalue weighted by atomic mass is 79.9. The van der Waals surface area contributed by atoms with Gasteiger partial charge in [-0.05, 0) is 39.9 Å². The van der Waals surface area contributed by atoms with E-state index in [9.17, 15) is 4.79 Å². The van der Waals surface area contributed by atoms with E-state index >= 15 is 0 Å². The maximum Gasteiger partial charge on any atom is 0.222 e. The van der Waals surface area contributed by atoms with E-state index in [4.69, 9.17) is 0 Å². The number of halogens is 1. The fourth-order valence-corrected chi connectivity index (χ4v) is 2.99. The number of carbonyl (C=O) groups excluding carboxylic acids is 1. The molecule has 0 aromatic carbocycles. The van der Waals surface area contributed by atoms with Gasteiger partial charge in [-0.1, -0.05) is 6.92 Å². The second-order valence-electron chi connectivity index (χ2n) is 3.37. The highest BCUT2D eigenvalue weighted by molar-refractivity contribution is 9.10. The number of aromatic nitrogens is 2. The van der Waals surface area contributed by atoms with Crippen molar-refractivity contribution in [3.8, 4) is 0 Å². The first-order valence-corrected chi connectivity index (χ1v) is 6.70. The lowest BCUT2D eigenvalue weighted by atomic mass is 10.2. The lowest BCUT2D eigenvalue weighted by molar-refractivity contribution is 0.103. The molecule has 0 saturated carbocycles. The quantitative estimate of drug-likeness (QED) is 0.812. The Balaban J connectivity index is 2.34. The standard InChI is InChI=1S/C11H11BrN2OS/c1-2-6-14-9(3-5-13-14)10(15)11-8(12)4-7-16-11/h3-5,7H,2,6H2,1H3. The van der Waals surface area contributed by atoms with Crippen molar-refractivity contribution in [2.45, 2.75) is 19.9 Å². The molecule has 2 heterocycles. The molecule has 2 aromatic rings. The number of thiophene rings is 1. The minimum Gasteiger partial charge on any atom is -0.286 e. The minimum atomic E-state index is 0.0350. The monoisotopic (exact) mass is 298 g/mol. The van der Waals surface area contributed by atoms with E-state index in [0.29, 0.717) is 5.69 Å². The molecule has 3 nitrogen and oxygen atoms in total. The molecule has 0 spiro atoms. The lowest BCUT2D eigenvalue weighted by Gasteiger charge is -2.04. The van der Waals surface area contributed by atoms with Crippen LogP contribution in [0.15, 0.2) is 28.2 Å². The smallest absolute Gasteiger partial charge is 0.222 e. The highest BCUT2D eigenvalue weighted by Crippen LogP contribution is 2.25. The lowest BCUT2D eigenvalue weighted by Crippen LogP contribution is -2.10. The predicted molar refractivity (Wildman–Crippen MR) is 68.0 cm³/mol. The number of hydrogen-bond acceptors (Lipinski definition) is 3. The third-order valence-electron chi connectivity index (χ3n) is 2.21. The van der Waals surface area contributed by atoms with Gasteiger partial charge < -0.3 is 0 Å². The summed E-state index contributed by atoms with van der Waals surface area (Å²) in [6.45, 7) is 2.84. The van der Waals surface area contributed by atoms with Crippen LogP contribution in [0.1, 0.15) is 28.7 Å². The van der Waals surface area contributed by atoms with E-state index in [-0.39, 0.29) is 5.78 Å². The van der Waals surface area contributed by atoms with Crippen LogP contribution in [-0.2, 0) is 6.54 Å². The van der Waals surface area contributed by atoms with Crippen molar-refractivity contribution in [2.24, 2.45) is 0 Å². The number of aryl methyl sites for hydroxylation is 1. The number of nitrogens with zero attached hydrogens (tertiary/aromatic N) is 2. The average molecular weight is 299 g/mol. The summed E-state index contributed by atoms with van der Waals surface area (Å²) in [6, 6.07) is 3.66. The maximum absolute atomic E-state index is 12.2. The molecule has 0 N–H and O–H groups in total. The highest BCUT2D eigenvalue weighted by Gasteiger charge is 2.17. The summed E-state index contributed by atoms with van der Waals surface area (Å²) in [5, 5.41) is 6.05. The Hall–Kier alpha value is -0.940.